The molecule has 0 saturated carbocycles. The summed E-state index contributed by atoms with van der Waals surface area (Å²) >= 11 is 4.86. The first-order valence-corrected chi connectivity index (χ1v) is 6.23. The number of nitrogens with two attached hydrogens (primary N) is 1. The first kappa shape index (κ1) is 13.0. The van der Waals surface area contributed by atoms with Gasteiger partial charge in [0.15, 0.2) is 0 Å². The molecule has 1 aromatic carbocycles. The Morgan fingerprint density at radius 3 is 2.50 bits per heavy atom. The topological polar surface area (TPSA) is 29.3 Å². The van der Waals surface area contributed by atoms with Gasteiger partial charge in [-0.25, -0.2) is 0 Å². The zero-order valence-corrected chi connectivity index (χ0v) is 10.7. The molecule has 0 atom stereocenters. The summed E-state index contributed by atoms with van der Waals surface area (Å²) in [5.41, 5.74) is 6.76. The quantitative estimate of drug-likeness (QED) is 0.583. The molecule has 0 radical (unpaired) electrons. The SMILES string of the molecule is CCN(CCCCC(N)=S)c1ccccc1. The maximum absolute atomic E-state index is 5.47. The van der Waals surface area contributed by atoms with E-state index in [1.165, 1.54) is 5.69 Å². The zero-order chi connectivity index (χ0) is 11.8. The smallest absolute Gasteiger partial charge is 0.0727 e. The molecule has 0 spiro atoms. The van der Waals surface area contributed by atoms with Crippen LogP contribution >= 0.6 is 12.2 Å². The second kappa shape index (κ2) is 7.23. The second-order valence-electron chi connectivity index (χ2n) is 3.84. The van der Waals surface area contributed by atoms with E-state index in [4.69, 9.17) is 18.0 Å². The number of hydrogen-bond acceptors (Lipinski definition) is 2. The molecule has 0 saturated heterocycles. The van der Waals surface area contributed by atoms with Crippen LogP contribution in [-0.4, -0.2) is 18.1 Å². The molecule has 0 heterocycles. The average Bonchev–Trinajstić information content (AvgIpc) is 2.30. The number of unbranched alkanes of at least 4 members (excludes halogenated alkanes) is 1. The summed E-state index contributed by atoms with van der Waals surface area (Å²) in [4.78, 5) is 3.00. The van der Waals surface area contributed by atoms with Crippen LogP contribution in [0.1, 0.15) is 26.2 Å². The molecule has 0 amide bonds. The van der Waals surface area contributed by atoms with E-state index in [0.29, 0.717) is 4.99 Å². The lowest BCUT2D eigenvalue weighted by molar-refractivity contribution is 0.714. The highest BCUT2D eigenvalue weighted by Crippen LogP contribution is 2.13. The molecule has 88 valence electrons. The summed E-state index contributed by atoms with van der Waals surface area (Å²) in [6.45, 7) is 4.29. The Bertz CT molecular complexity index is 311. The molecule has 2 N–H and O–H groups in total. The molecule has 0 aromatic heterocycles. The number of hydrogen-bond donors (Lipinski definition) is 1. The number of para-hydroxylation sites is 1. The average molecular weight is 236 g/mol. The summed E-state index contributed by atoms with van der Waals surface area (Å²) in [6.07, 6.45) is 3.08. The highest BCUT2D eigenvalue weighted by atomic mass is 32.1. The third kappa shape index (κ3) is 4.62. The van der Waals surface area contributed by atoms with Gasteiger partial charge in [-0.2, -0.15) is 0 Å². The van der Waals surface area contributed by atoms with Crippen molar-refractivity contribution in [3.8, 4) is 0 Å². The summed E-state index contributed by atoms with van der Waals surface area (Å²) in [5.74, 6) is 0. The van der Waals surface area contributed by atoms with Gasteiger partial charge in [0.05, 0.1) is 4.99 Å². The van der Waals surface area contributed by atoms with E-state index in [0.717, 1.165) is 32.4 Å². The van der Waals surface area contributed by atoms with E-state index < -0.39 is 0 Å². The summed E-state index contributed by atoms with van der Waals surface area (Å²) in [6, 6.07) is 10.5. The molecule has 0 bridgehead atoms. The van der Waals surface area contributed by atoms with Gasteiger partial charge in [-0.1, -0.05) is 30.4 Å². The van der Waals surface area contributed by atoms with E-state index in [9.17, 15) is 0 Å². The Labute approximate surface area is 103 Å². The minimum atomic E-state index is 0.628. The fourth-order valence-corrected chi connectivity index (χ4v) is 1.85. The van der Waals surface area contributed by atoms with E-state index >= 15 is 0 Å². The molecule has 3 heteroatoms. The van der Waals surface area contributed by atoms with Gasteiger partial charge in [0, 0.05) is 18.8 Å². The standard InChI is InChI=1S/C13H20N2S/c1-2-15(11-7-6-10-13(14)16)12-8-4-3-5-9-12/h3-5,8-9H,2,6-7,10-11H2,1H3,(H2,14,16). The molecular weight excluding hydrogens is 216 g/mol. The van der Waals surface area contributed by atoms with Crippen molar-refractivity contribution in [2.75, 3.05) is 18.0 Å². The maximum atomic E-state index is 5.47. The molecule has 0 fully saturated rings. The van der Waals surface area contributed by atoms with Crippen LogP contribution in [-0.2, 0) is 0 Å². The fraction of sp³-hybridized carbons (Fsp3) is 0.462. The van der Waals surface area contributed by atoms with E-state index in [1.807, 2.05) is 6.07 Å². The van der Waals surface area contributed by atoms with Crippen LogP contribution in [0.25, 0.3) is 0 Å². The first-order valence-electron chi connectivity index (χ1n) is 5.82. The van der Waals surface area contributed by atoms with Crippen LogP contribution in [0, 0.1) is 0 Å². The van der Waals surface area contributed by atoms with Crippen molar-refractivity contribution in [2.45, 2.75) is 26.2 Å². The minimum absolute atomic E-state index is 0.628. The lowest BCUT2D eigenvalue weighted by atomic mass is 10.2. The molecule has 1 rings (SSSR count). The molecule has 2 nitrogen and oxygen atoms in total. The van der Waals surface area contributed by atoms with Gasteiger partial charge in [-0.05, 0) is 38.3 Å². The molecule has 0 unspecified atom stereocenters. The predicted molar refractivity (Wildman–Crippen MR) is 75.0 cm³/mol. The fourth-order valence-electron chi connectivity index (χ4n) is 1.71. The Balaban J connectivity index is 2.35. The molecule has 0 aliphatic carbocycles. The monoisotopic (exact) mass is 236 g/mol. The number of benzene rings is 1. The molecule has 16 heavy (non-hydrogen) atoms. The summed E-state index contributed by atoms with van der Waals surface area (Å²) < 4.78 is 0. The number of nitrogens with zero attached hydrogens (tertiary/aromatic N) is 1. The highest BCUT2D eigenvalue weighted by molar-refractivity contribution is 7.80. The van der Waals surface area contributed by atoms with Crippen LogP contribution in [0.5, 0.6) is 0 Å². The van der Waals surface area contributed by atoms with Crippen molar-refractivity contribution in [3.05, 3.63) is 30.3 Å². The summed E-state index contributed by atoms with van der Waals surface area (Å²) in [7, 11) is 0. The molecule has 0 aliphatic rings. The highest BCUT2D eigenvalue weighted by Gasteiger charge is 2.02. The predicted octanol–water partition coefficient (Wildman–Crippen LogP) is 2.97. The third-order valence-corrected chi connectivity index (χ3v) is 2.81. The van der Waals surface area contributed by atoms with Crippen molar-refractivity contribution in [1.29, 1.82) is 0 Å². The van der Waals surface area contributed by atoms with Crippen molar-refractivity contribution in [3.63, 3.8) is 0 Å². The van der Waals surface area contributed by atoms with Crippen molar-refractivity contribution < 1.29 is 0 Å². The first-order chi connectivity index (χ1) is 7.74. The number of thiocarbonyl (C=S) groups is 1. The van der Waals surface area contributed by atoms with Crippen LogP contribution < -0.4 is 10.6 Å². The minimum Gasteiger partial charge on any atom is -0.393 e. The van der Waals surface area contributed by atoms with E-state index in [-0.39, 0.29) is 0 Å². The molecular formula is C13H20N2S. The van der Waals surface area contributed by atoms with Crippen LogP contribution in [0.2, 0.25) is 0 Å². The lowest BCUT2D eigenvalue weighted by Gasteiger charge is -2.22. The van der Waals surface area contributed by atoms with Gasteiger partial charge in [0.1, 0.15) is 0 Å². The Kier molecular flexibility index (Phi) is 5.86. The Hall–Kier alpha value is -1.09. The van der Waals surface area contributed by atoms with Gasteiger partial charge >= 0.3 is 0 Å². The third-order valence-electron chi connectivity index (χ3n) is 2.60. The number of anilines is 1. The second-order valence-corrected chi connectivity index (χ2v) is 4.36. The summed E-state index contributed by atoms with van der Waals surface area (Å²) in [5, 5.41) is 0. The molecule has 0 aliphatic heterocycles. The largest absolute Gasteiger partial charge is 0.393 e. The zero-order valence-electron chi connectivity index (χ0n) is 9.86. The van der Waals surface area contributed by atoms with E-state index in [1.54, 1.807) is 0 Å². The Morgan fingerprint density at radius 1 is 1.25 bits per heavy atom. The lowest BCUT2D eigenvalue weighted by Crippen LogP contribution is -2.24. The van der Waals surface area contributed by atoms with Crippen LogP contribution in [0.4, 0.5) is 5.69 Å². The van der Waals surface area contributed by atoms with Crippen molar-refractivity contribution in [2.24, 2.45) is 5.73 Å². The Morgan fingerprint density at radius 2 is 1.94 bits per heavy atom. The van der Waals surface area contributed by atoms with Crippen LogP contribution in [0.3, 0.4) is 0 Å². The van der Waals surface area contributed by atoms with Gasteiger partial charge in [0.25, 0.3) is 0 Å². The van der Waals surface area contributed by atoms with Gasteiger partial charge in [0.2, 0.25) is 0 Å². The molecule has 1 aromatic rings. The maximum Gasteiger partial charge on any atom is 0.0727 e. The van der Waals surface area contributed by atoms with Gasteiger partial charge in [-0.3, -0.25) is 0 Å². The van der Waals surface area contributed by atoms with Gasteiger partial charge < -0.3 is 10.6 Å². The van der Waals surface area contributed by atoms with Crippen molar-refractivity contribution >= 4 is 22.9 Å². The number of rotatable bonds is 7. The van der Waals surface area contributed by atoms with Crippen molar-refractivity contribution in [1.82, 2.24) is 0 Å². The van der Waals surface area contributed by atoms with Crippen LogP contribution in [0.15, 0.2) is 30.3 Å². The van der Waals surface area contributed by atoms with Gasteiger partial charge in [-0.15, -0.1) is 0 Å². The normalized spacial score (nSPS) is 10.1. The van der Waals surface area contributed by atoms with E-state index in [2.05, 4.69) is 36.1 Å².